The third-order valence-electron chi connectivity index (χ3n) is 1.98. The highest BCUT2D eigenvalue weighted by molar-refractivity contribution is 7.88. The monoisotopic (exact) mass is 305 g/mol. The Morgan fingerprint density at radius 3 is 1.74 bits per heavy atom. The summed E-state index contributed by atoms with van der Waals surface area (Å²) < 4.78 is 80.7. The van der Waals surface area contributed by atoms with Gasteiger partial charge in [0.15, 0.2) is 0 Å². The molecule has 0 fully saturated rings. The van der Waals surface area contributed by atoms with E-state index in [9.17, 15) is 30.8 Å². The molecule has 1 atom stereocenters. The Morgan fingerprint density at radius 2 is 1.53 bits per heavy atom. The molecule has 0 rings (SSSR count). The quantitative estimate of drug-likeness (QED) is 0.456. The second-order valence-corrected chi connectivity index (χ2v) is 4.87. The van der Waals surface area contributed by atoms with E-state index in [1.54, 1.807) is 0 Å². The molecule has 0 saturated heterocycles. The number of hydrogen-bond acceptors (Lipinski definition) is 3. The fraction of sp³-hybridized carbons (Fsp3) is 0.444. The van der Waals surface area contributed by atoms with Crippen LogP contribution in [0.1, 0.15) is 0 Å². The van der Waals surface area contributed by atoms with Crippen molar-refractivity contribution >= 4 is 16.0 Å². The maximum absolute atomic E-state index is 13.7. The molecule has 0 aliphatic rings. The molecule has 0 radical (unpaired) electrons. The SMILES string of the molecule is C=CCN(CC=C)C(=O)C(F)(C(F)(F)F)S(=O)(=O)O. The van der Waals surface area contributed by atoms with Crippen LogP contribution in [0.25, 0.3) is 0 Å². The Bertz CT molecular complexity index is 463. The van der Waals surface area contributed by atoms with Gasteiger partial charge in [0.25, 0.3) is 5.91 Å². The number of nitrogens with zero attached hydrogens (tertiary/aromatic N) is 1. The maximum Gasteiger partial charge on any atom is 0.449 e. The van der Waals surface area contributed by atoms with Crippen LogP contribution in [0.3, 0.4) is 0 Å². The largest absolute Gasteiger partial charge is 0.449 e. The normalized spacial score (nSPS) is 15.4. The van der Waals surface area contributed by atoms with Crippen molar-refractivity contribution < 1.29 is 35.3 Å². The smallest absolute Gasteiger partial charge is 0.331 e. The summed E-state index contributed by atoms with van der Waals surface area (Å²) >= 11 is 0. The van der Waals surface area contributed by atoms with Crippen LogP contribution in [0, 0.1) is 0 Å². The van der Waals surface area contributed by atoms with E-state index < -0.39 is 40.3 Å². The predicted molar refractivity (Wildman–Crippen MR) is 58.4 cm³/mol. The van der Waals surface area contributed by atoms with E-state index in [2.05, 4.69) is 13.2 Å². The van der Waals surface area contributed by atoms with Crippen molar-refractivity contribution in [1.82, 2.24) is 4.90 Å². The molecule has 0 aliphatic heterocycles. The highest BCUT2D eigenvalue weighted by Gasteiger charge is 2.72. The molecule has 1 amide bonds. The van der Waals surface area contributed by atoms with Gasteiger partial charge in [-0.3, -0.25) is 9.35 Å². The summed E-state index contributed by atoms with van der Waals surface area (Å²) in [7, 11) is -6.35. The van der Waals surface area contributed by atoms with E-state index >= 15 is 0 Å². The third kappa shape index (κ3) is 3.32. The zero-order valence-electron chi connectivity index (χ0n) is 9.52. The number of carbonyl (C=O) groups is 1. The molecule has 5 nitrogen and oxygen atoms in total. The highest BCUT2D eigenvalue weighted by atomic mass is 32.2. The summed E-state index contributed by atoms with van der Waals surface area (Å²) in [6, 6.07) is 0. The number of halogens is 4. The first kappa shape index (κ1) is 17.6. The Labute approximate surface area is 106 Å². The van der Waals surface area contributed by atoms with Gasteiger partial charge in [0.05, 0.1) is 0 Å². The molecule has 0 aromatic heterocycles. The molecule has 0 saturated carbocycles. The van der Waals surface area contributed by atoms with Crippen LogP contribution in [-0.2, 0) is 14.9 Å². The molecule has 110 valence electrons. The van der Waals surface area contributed by atoms with Gasteiger partial charge in [-0.2, -0.15) is 21.6 Å². The summed E-state index contributed by atoms with van der Waals surface area (Å²) in [6.07, 6.45) is -4.21. The molecule has 0 heterocycles. The molecule has 10 heteroatoms. The number of alkyl halides is 4. The van der Waals surface area contributed by atoms with E-state index in [0.29, 0.717) is 0 Å². The summed E-state index contributed by atoms with van der Waals surface area (Å²) in [5.41, 5.74) is 0. The minimum atomic E-state index is -6.35. The average molecular weight is 305 g/mol. The summed E-state index contributed by atoms with van der Waals surface area (Å²) in [5.74, 6) is -2.46. The van der Waals surface area contributed by atoms with Crippen molar-refractivity contribution in [3.05, 3.63) is 25.3 Å². The molecule has 0 spiro atoms. The van der Waals surface area contributed by atoms with Crippen molar-refractivity contribution in [3.63, 3.8) is 0 Å². The lowest BCUT2D eigenvalue weighted by atomic mass is 10.3. The van der Waals surface area contributed by atoms with Gasteiger partial charge in [0, 0.05) is 13.1 Å². The first-order valence-electron chi connectivity index (χ1n) is 4.67. The molecular weight excluding hydrogens is 294 g/mol. The molecule has 0 aliphatic carbocycles. The van der Waals surface area contributed by atoms with Crippen molar-refractivity contribution in [2.45, 2.75) is 11.2 Å². The number of rotatable bonds is 6. The lowest BCUT2D eigenvalue weighted by molar-refractivity contribution is -0.207. The van der Waals surface area contributed by atoms with Crippen LogP contribution in [0.5, 0.6) is 0 Å². The van der Waals surface area contributed by atoms with Gasteiger partial charge in [-0.25, -0.2) is 4.39 Å². The Morgan fingerprint density at radius 1 is 1.16 bits per heavy atom. The molecule has 0 bridgehead atoms. The van der Waals surface area contributed by atoms with Crippen LogP contribution in [0.4, 0.5) is 17.6 Å². The first-order valence-corrected chi connectivity index (χ1v) is 6.11. The van der Waals surface area contributed by atoms with Crippen molar-refractivity contribution in [2.24, 2.45) is 0 Å². The molecular formula is C9H11F4NO4S. The van der Waals surface area contributed by atoms with E-state index in [-0.39, 0.29) is 4.90 Å². The van der Waals surface area contributed by atoms with E-state index in [4.69, 9.17) is 4.55 Å². The molecule has 19 heavy (non-hydrogen) atoms. The van der Waals surface area contributed by atoms with Crippen LogP contribution in [-0.4, -0.2) is 48.0 Å². The van der Waals surface area contributed by atoms with E-state index in [1.807, 2.05) is 0 Å². The molecule has 0 aromatic carbocycles. The highest BCUT2D eigenvalue weighted by Crippen LogP contribution is 2.39. The fourth-order valence-electron chi connectivity index (χ4n) is 1.13. The summed E-state index contributed by atoms with van der Waals surface area (Å²) in [4.78, 5) is 11.6. The number of amides is 1. The topological polar surface area (TPSA) is 74.7 Å². The lowest BCUT2D eigenvalue weighted by Gasteiger charge is -2.29. The van der Waals surface area contributed by atoms with Crippen LogP contribution in [0.15, 0.2) is 25.3 Å². The summed E-state index contributed by atoms with van der Waals surface area (Å²) in [6.45, 7) is 5.15. The minimum absolute atomic E-state index is 0.196. The van der Waals surface area contributed by atoms with Gasteiger partial charge in [-0.15, -0.1) is 13.2 Å². The van der Waals surface area contributed by atoms with Crippen molar-refractivity contribution in [3.8, 4) is 0 Å². The predicted octanol–water partition coefficient (Wildman–Crippen LogP) is 1.30. The van der Waals surface area contributed by atoms with E-state index in [0.717, 1.165) is 12.2 Å². The average Bonchev–Trinajstić information content (AvgIpc) is 2.23. The van der Waals surface area contributed by atoms with Gasteiger partial charge in [-0.1, -0.05) is 12.2 Å². The van der Waals surface area contributed by atoms with Crippen LogP contribution >= 0.6 is 0 Å². The maximum atomic E-state index is 13.7. The molecule has 1 N–H and O–H groups in total. The summed E-state index contributed by atoms with van der Waals surface area (Å²) in [5, 5.41) is -5.42. The Hall–Kier alpha value is -1.42. The second-order valence-electron chi connectivity index (χ2n) is 3.36. The second kappa shape index (κ2) is 5.70. The minimum Gasteiger partial charge on any atom is -0.331 e. The van der Waals surface area contributed by atoms with Crippen LogP contribution in [0.2, 0.25) is 0 Å². The van der Waals surface area contributed by atoms with Gasteiger partial charge >= 0.3 is 21.3 Å². The van der Waals surface area contributed by atoms with Crippen LogP contribution < -0.4 is 0 Å². The van der Waals surface area contributed by atoms with Gasteiger partial charge in [-0.05, 0) is 0 Å². The van der Waals surface area contributed by atoms with Gasteiger partial charge < -0.3 is 4.90 Å². The number of carbonyl (C=O) groups excluding carboxylic acids is 1. The van der Waals surface area contributed by atoms with E-state index in [1.165, 1.54) is 0 Å². The van der Waals surface area contributed by atoms with Gasteiger partial charge in [0.1, 0.15) is 0 Å². The van der Waals surface area contributed by atoms with Crippen molar-refractivity contribution in [2.75, 3.05) is 13.1 Å². The Kier molecular flexibility index (Phi) is 5.27. The third-order valence-corrected chi connectivity index (χ3v) is 3.10. The zero-order chi connectivity index (χ0) is 15.5. The number of hydrogen-bond donors (Lipinski definition) is 1. The lowest BCUT2D eigenvalue weighted by Crippen LogP contribution is -2.59. The van der Waals surface area contributed by atoms with Crippen molar-refractivity contribution in [1.29, 1.82) is 0 Å². The standard InChI is InChI=1S/C9H11F4NO4S/c1-3-5-14(6-4-2)7(15)8(10,9(11,12)13)19(16,17)18/h3-4H,1-2,5-6H2,(H,16,17,18). The first-order chi connectivity index (χ1) is 8.43. The fourth-order valence-corrected chi connectivity index (χ4v) is 1.78. The Balaban J connectivity index is 5.84. The zero-order valence-corrected chi connectivity index (χ0v) is 10.3. The van der Waals surface area contributed by atoms with Gasteiger partial charge in [0.2, 0.25) is 0 Å². The molecule has 1 unspecified atom stereocenters. The molecule has 0 aromatic rings.